The molecule has 0 spiro atoms. The largest absolute Gasteiger partial charge is 0.456 e. The van der Waals surface area contributed by atoms with Crippen LogP contribution in [-0.4, -0.2) is 4.57 Å². The van der Waals surface area contributed by atoms with Gasteiger partial charge in [0.15, 0.2) is 0 Å². The fourth-order valence-electron chi connectivity index (χ4n) is 8.54. The van der Waals surface area contributed by atoms with Gasteiger partial charge in [0.2, 0.25) is 0 Å². The van der Waals surface area contributed by atoms with Crippen LogP contribution in [0.1, 0.15) is 0 Å². The fourth-order valence-corrected chi connectivity index (χ4v) is 8.54. The first-order valence-corrected chi connectivity index (χ1v) is 18.8. The molecule has 0 aliphatic heterocycles. The van der Waals surface area contributed by atoms with E-state index in [1.807, 2.05) is 12.1 Å². The number of furan rings is 1. The zero-order valence-electron chi connectivity index (χ0n) is 29.9. The van der Waals surface area contributed by atoms with Gasteiger partial charge in [-0.05, 0) is 82.7 Å². The second-order valence-electron chi connectivity index (χ2n) is 14.1. The van der Waals surface area contributed by atoms with Crippen LogP contribution < -0.4 is 4.90 Å². The van der Waals surface area contributed by atoms with E-state index in [9.17, 15) is 0 Å². The van der Waals surface area contributed by atoms with Gasteiger partial charge in [-0.25, -0.2) is 0 Å². The number of hydrogen-bond acceptors (Lipinski definition) is 2. The van der Waals surface area contributed by atoms with E-state index in [-0.39, 0.29) is 0 Å². The standard InChI is InChI=1S/C52H34N2O/c1-2-18-40-35(14-1)15-12-27-46(40)53(39-17-11-16-37(34-39)42-23-13-29-51-52(42)45-22-6-10-28-50(45)55-51)38-32-30-36(31-33-38)41-19-3-7-24-47(41)54-48-25-8-4-20-43(48)44-21-5-9-26-49(44)54/h1-34H. The van der Waals surface area contributed by atoms with Crippen molar-refractivity contribution < 1.29 is 4.42 Å². The van der Waals surface area contributed by atoms with E-state index in [1.165, 1.54) is 38.1 Å². The summed E-state index contributed by atoms with van der Waals surface area (Å²) in [6.07, 6.45) is 0. The summed E-state index contributed by atoms with van der Waals surface area (Å²) in [5.41, 5.74) is 13.3. The lowest BCUT2D eigenvalue weighted by molar-refractivity contribution is 0.669. The Morgan fingerprint density at radius 1 is 0.382 bits per heavy atom. The van der Waals surface area contributed by atoms with Crippen molar-refractivity contribution in [2.75, 3.05) is 4.90 Å². The number of aromatic nitrogens is 1. The number of hydrogen-bond donors (Lipinski definition) is 0. The highest BCUT2D eigenvalue weighted by Crippen LogP contribution is 2.43. The minimum absolute atomic E-state index is 0.895. The monoisotopic (exact) mass is 702 g/mol. The third-order valence-electron chi connectivity index (χ3n) is 11.0. The molecule has 2 aromatic heterocycles. The molecule has 3 heteroatoms. The first kappa shape index (κ1) is 31.2. The Labute approximate surface area is 318 Å². The molecule has 0 amide bonds. The average Bonchev–Trinajstić information content (AvgIpc) is 3.80. The Hall–Kier alpha value is -7.36. The lowest BCUT2D eigenvalue weighted by atomic mass is 9.98. The summed E-state index contributed by atoms with van der Waals surface area (Å²) < 4.78 is 8.70. The van der Waals surface area contributed by atoms with Crippen molar-refractivity contribution in [1.29, 1.82) is 0 Å². The molecule has 0 N–H and O–H groups in total. The summed E-state index contributed by atoms with van der Waals surface area (Å²) >= 11 is 0. The topological polar surface area (TPSA) is 21.3 Å². The summed E-state index contributed by atoms with van der Waals surface area (Å²) in [6, 6.07) is 74.0. The van der Waals surface area contributed by atoms with Gasteiger partial charge in [0.1, 0.15) is 11.2 Å². The molecule has 0 atom stereocenters. The van der Waals surface area contributed by atoms with Gasteiger partial charge in [-0.15, -0.1) is 0 Å². The first-order valence-electron chi connectivity index (χ1n) is 18.8. The van der Waals surface area contributed by atoms with Crippen LogP contribution in [0, 0.1) is 0 Å². The Kier molecular flexibility index (Phi) is 7.17. The molecule has 0 saturated heterocycles. The highest BCUT2D eigenvalue weighted by molar-refractivity contribution is 6.13. The van der Waals surface area contributed by atoms with Gasteiger partial charge in [-0.3, -0.25) is 0 Å². The molecule has 0 aliphatic carbocycles. The van der Waals surface area contributed by atoms with Crippen LogP contribution in [0.5, 0.6) is 0 Å². The number of para-hydroxylation sites is 4. The first-order chi connectivity index (χ1) is 27.3. The zero-order chi connectivity index (χ0) is 36.3. The van der Waals surface area contributed by atoms with Gasteiger partial charge in [-0.1, -0.05) is 146 Å². The normalized spacial score (nSPS) is 11.6. The van der Waals surface area contributed by atoms with Gasteiger partial charge < -0.3 is 13.9 Å². The Balaban J connectivity index is 1.07. The van der Waals surface area contributed by atoms with Gasteiger partial charge >= 0.3 is 0 Å². The van der Waals surface area contributed by atoms with Crippen LogP contribution in [0.2, 0.25) is 0 Å². The molecular formula is C52H34N2O. The quantitative estimate of drug-likeness (QED) is 0.172. The second kappa shape index (κ2) is 12.6. The number of rotatable bonds is 6. The maximum absolute atomic E-state index is 6.29. The van der Waals surface area contributed by atoms with Crippen molar-refractivity contribution in [2.24, 2.45) is 0 Å². The van der Waals surface area contributed by atoms with Gasteiger partial charge in [0.25, 0.3) is 0 Å². The lowest BCUT2D eigenvalue weighted by Gasteiger charge is -2.27. The Bertz CT molecular complexity index is 3160. The van der Waals surface area contributed by atoms with Crippen molar-refractivity contribution in [3.8, 4) is 27.9 Å². The molecule has 3 nitrogen and oxygen atoms in total. The van der Waals surface area contributed by atoms with Crippen LogP contribution in [0.25, 0.3) is 82.5 Å². The smallest absolute Gasteiger partial charge is 0.136 e. The van der Waals surface area contributed by atoms with Crippen molar-refractivity contribution in [3.63, 3.8) is 0 Å². The third-order valence-corrected chi connectivity index (χ3v) is 11.0. The minimum Gasteiger partial charge on any atom is -0.456 e. The predicted octanol–water partition coefficient (Wildman–Crippen LogP) is 14.6. The summed E-state index contributed by atoms with van der Waals surface area (Å²) in [5, 5.41) is 7.17. The number of nitrogens with zero attached hydrogens (tertiary/aromatic N) is 2. The van der Waals surface area contributed by atoms with E-state index < -0.39 is 0 Å². The summed E-state index contributed by atoms with van der Waals surface area (Å²) in [6.45, 7) is 0. The summed E-state index contributed by atoms with van der Waals surface area (Å²) in [7, 11) is 0. The predicted molar refractivity (Wildman–Crippen MR) is 231 cm³/mol. The van der Waals surface area contributed by atoms with Crippen LogP contribution in [0.4, 0.5) is 17.1 Å². The molecule has 0 aliphatic rings. The molecule has 0 radical (unpaired) electrons. The average molecular weight is 703 g/mol. The molecule has 0 saturated carbocycles. The molecule has 55 heavy (non-hydrogen) atoms. The van der Waals surface area contributed by atoms with E-state index in [2.05, 4.69) is 204 Å². The van der Waals surface area contributed by atoms with Gasteiger partial charge in [0, 0.05) is 43.9 Å². The molecule has 0 unspecified atom stereocenters. The SMILES string of the molecule is c1cc(-c2cccc3oc4ccccc4c23)cc(N(c2ccc(-c3ccccc3-n3c4ccccc4c4ccccc43)cc2)c2cccc3ccccc23)c1. The van der Waals surface area contributed by atoms with Crippen LogP contribution in [-0.2, 0) is 0 Å². The number of benzene rings is 9. The second-order valence-corrected chi connectivity index (χ2v) is 14.1. The Morgan fingerprint density at radius 2 is 0.982 bits per heavy atom. The molecular weight excluding hydrogens is 669 g/mol. The molecule has 9 aromatic carbocycles. The fraction of sp³-hybridized carbons (Fsp3) is 0. The highest BCUT2D eigenvalue weighted by atomic mass is 16.3. The van der Waals surface area contributed by atoms with Crippen molar-refractivity contribution >= 4 is 71.6 Å². The third kappa shape index (κ3) is 5.05. The van der Waals surface area contributed by atoms with E-state index >= 15 is 0 Å². The van der Waals surface area contributed by atoms with Crippen LogP contribution >= 0.6 is 0 Å². The molecule has 258 valence electrons. The summed E-state index contributed by atoms with van der Waals surface area (Å²) in [5.74, 6) is 0. The number of fused-ring (bicyclic) bond motifs is 7. The molecule has 11 aromatic rings. The molecule has 11 rings (SSSR count). The maximum Gasteiger partial charge on any atom is 0.136 e. The van der Waals surface area contributed by atoms with Crippen molar-refractivity contribution in [2.45, 2.75) is 0 Å². The minimum atomic E-state index is 0.895. The van der Waals surface area contributed by atoms with Crippen molar-refractivity contribution in [3.05, 3.63) is 206 Å². The van der Waals surface area contributed by atoms with Crippen LogP contribution in [0.3, 0.4) is 0 Å². The van der Waals surface area contributed by atoms with E-state index in [1.54, 1.807) is 0 Å². The lowest BCUT2D eigenvalue weighted by Crippen LogP contribution is -2.10. The van der Waals surface area contributed by atoms with E-state index in [0.29, 0.717) is 0 Å². The maximum atomic E-state index is 6.29. The number of anilines is 3. The highest BCUT2D eigenvalue weighted by Gasteiger charge is 2.19. The summed E-state index contributed by atoms with van der Waals surface area (Å²) in [4.78, 5) is 2.39. The molecule has 0 fully saturated rings. The van der Waals surface area contributed by atoms with Crippen LogP contribution in [0.15, 0.2) is 211 Å². The zero-order valence-corrected chi connectivity index (χ0v) is 29.9. The van der Waals surface area contributed by atoms with Gasteiger partial charge in [0.05, 0.1) is 22.4 Å². The molecule has 2 heterocycles. The van der Waals surface area contributed by atoms with Crippen molar-refractivity contribution in [1.82, 2.24) is 4.57 Å². The van der Waals surface area contributed by atoms with E-state index in [4.69, 9.17) is 4.42 Å². The van der Waals surface area contributed by atoms with E-state index in [0.717, 1.165) is 61.4 Å². The Morgan fingerprint density at radius 3 is 1.80 bits per heavy atom. The molecule has 0 bridgehead atoms. The van der Waals surface area contributed by atoms with Gasteiger partial charge in [-0.2, -0.15) is 0 Å².